The molecule has 0 spiro atoms. The number of hydrogen-bond donors (Lipinski definition) is 2. The molecule has 8 nitrogen and oxygen atoms in total. The molecule has 0 bridgehead atoms. The van der Waals surface area contributed by atoms with Crippen molar-refractivity contribution in [3.8, 4) is 0 Å². The van der Waals surface area contributed by atoms with Gasteiger partial charge < -0.3 is 25.3 Å². The maximum absolute atomic E-state index is 12.6. The summed E-state index contributed by atoms with van der Waals surface area (Å²) in [7, 11) is 3.91. The monoisotopic (exact) mass is 371 g/mol. The molecule has 1 unspecified atom stereocenters. The van der Waals surface area contributed by atoms with Crippen molar-refractivity contribution in [2.75, 3.05) is 37.4 Å². The smallest absolute Gasteiger partial charge is 0.289 e. The van der Waals surface area contributed by atoms with E-state index in [1.807, 2.05) is 37.3 Å². The van der Waals surface area contributed by atoms with Crippen LogP contribution in [0, 0.1) is 0 Å². The second-order valence-corrected chi connectivity index (χ2v) is 6.89. The molecule has 27 heavy (non-hydrogen) atoms. The lowest BCUT2D eigenvalue weighted by atomic mass is 10.1. The topological polar surface area (TPSA) is 105 Å². The predicted molar refractivity (Wildman–Crippen MR) is 103 cm³/mol. The van der Waals surface area contributed by atoms with E-state index in [0.29, 0.717) is 13.1 Å². The number of primary amides is 1. The minimum absolute atomic E-state index is 0.00128. The summed E-state index contributed by atoms with van der Waals surface area (Å²) in [4.78, 5) is 31.9. The molecule has 3 rings (SSSR count). The quantitative estimate of drug-likeness (QED) is 0.832. The van der Waals surface area contributed by atoms with Gasteiger partial charge in [-0.05, 0) is 43.5 Å². The highest BCUT2D eigenvalue weighted by molar-refractivity contribution is 5.95. The summed E-state index contributed by atoms with van der Waals surface area (Å²) in [5, 5.41) is 3.50. The van der Waals surface area contributed by atoms with Crippen molar-refractivity contribution < 1.29 is 14.0 Å². The molecule has 0 saturated carbocycles. The molecule has 2 aromatic heterocycles. The summed E-state index contributed by atoms with van der Waals surface area (Å²) in [6.07, 6.45) is 4.50. The molecule has 2 aromatic rings. The average molecular weight is 371 g/mol. The second-order valence-electron chi connectivity index (χ2n) is 6.89. The first-order valence-corrected chi connectivity index (χ1v) is 9.03. The van der Waals surface area contributed by atoms with E-state index in [9.17, 15) is 9.59 Å². The molecule has 1 aliphatic heterocycles. The molecule has 3 heterocycles. The van der Waals surface area contributed by atoms with Gasteiger partial charge in [0, 0.05) is 33.2 Å². The molecule has 0 aromatic carbocycles. The third-order valence-corrected chi connectivity index (χ3v) is 4.65. The summed E-state index contributed by atoms with van der Waals surface area (Å²) < 4.78 is 5.26. The van der Waals surface area contributed by atoms with Crippen molar-refractivity contribution >= 4 is 23.3 Å². The molecular formula is C19H25N5O3. The third-order valence-electron chi connectivity index (χ3n) is 4.65. The molecule has 1 fully saturated rings. The number of pyridine rings is 1. The molecule has 1 saturated heterocycles. The zero-order chi connectivity index (χ0) is 19.4. The highest BCUT2D eigenvalue weighted by Crippen LogP contribution is 2.20. The van der Waals surface area contributed by atoms with Gasteiger partial charge in [-0.15, -0.1) is 0 Å². The third kappa shape index (κ3) is 4.58. The van der Waals surface area contributed by atoms with Crippen LogP contribution in [0.1, 0.15) is 40.4 Å². The van der Waals surface area contributed by atoms with Crippen LogP contribution in [0.4, 0.5) is 11.5 Å². The molecule has 3 N–H and O–H groups in total. The maximum Gasteiger partial charge on any atom is 0.289 e. The predicted octanol–water partition coefficient (Wildman–Crippen LogP) is 1.95. The van der Waals surface area contributed by atoms with E-state index in [4.69, 9.17) is 10.2 Å². The minimum atomic E-state index is -0.678. The van der Waals surface area contributed by atoms with Crippen molar-refractivity contribution in [1.82, 2.24) is 9.88 Å². The number of nitrogens with zero attached hydrogens (tertiary/aromatic N) is 3. The van der Waals surface area contributed by atoms with Gasteiger partial charge in [-0.3, -0.25) is 9.59 Å². The summed E-state index contributed by atoms with van der Waals surface area (Å²) in [5.74, 6) is 0.176. The lowest BCUT2D eigenvalue weighted by Gasteiger charge is -2.20. The number of furan rings is 1. The molecule has 1 aliphatic rings. The van der Waals surface area contributed by atoms with Crippen LogP contribution < -0.4 is 16.0 Å². The van der Waals surface area contributed by atoms with Gasteiger partial charge in [-0.1, -0.05) is 0 Å². The molecule has 8 heteroatoms. The Morgan fingerprint density at radius 3 is 2.59 bits per heavy atom. The Bertz CT molecular complexity index is 800. The molecule has 0 radical (unpaired) electrons. The summed E-state index contributed by atoms with van der Waals surface area (Å²) in [6, 6.07) is 7.20. The number of hydrogen-bond acceptors (Lipinski definition) is 6. The van der Waals surface area contributed by atoms with Crippen LogP contribution in [0.5, 0.6) is 0 Å². The zero-order valence-electron chi connectivity index (χ0n) is 15.6. The summed E-state index contributed by atoms with van der Waals surface area (Å²) >= 11 is 0. The Balaban J connectivity index is 1.58. The average Bonchev–Trinajstić information content (AvgIpc) is 3.03. The first-order valence-electron chi connectivity index (χ1n) is 9.03. The van der Waals surface area contributed by atoms with E-state index in [-0.39, 0.29) is 23.5 Å². The van der Waals surface area contributed by atoms with E-state index < -0.39 is 5.91 Å². The first-order chi connectivity index (χ1) is 12.9. The van der Waals surface area contributed by atoms with Crippen molar-refractivity contribution in [2.45, 2.75) is 25.3 Å². The number of nitrogens with two attached hydrogens (primary N) is 1. The molecule has 1 atom stereocenters. The number of rotatable bonds is 5. The number of nitrogens with one attached hydrogen (secondary N) is 1. The van der Waals surface area contributed by atoms with E-state index in [2.05, 4.69) is 10.3 Å². The Kier molecular flexibility index (Phi) is 5.63. The minimum Gasteiger partial charge on any atom is -0.446 e. The van der Waals surface area contributed by atoms with Gasteiger partial charge in [-0.2, -0.15) is 0 Å². The van der Waals surface area contributed by atoms with Crippen molar-refractivity contribution in [3.05, 3.63) is 42.0 Å². The molecule has 144 valence electrons. The molecular weight excluding hydrogens is 346 g/mol. The van der Waals surface area contributed by atoms with E-state index in [1.165, 1.54) is 12.1 Å². The Morgan fingerprint density at radius 1 is 1.19 bits per heavy atom. The lowest BCUT2D eigenvalue weighted by Crippen LogP contribution is -2.32. The van der Waals surface area contributed by atoms with Crippen LogP contribution in [0.2, 0.25) is 0 Å². The second kappa shape index (κ2) is 8.11. The Hall–Kier alpha value is -3.03. The van der Waals surface area contributed by atoms with E-state index in [1.54, 1.807) is 4.90 Å². The van der Waals surface area contributed by atoms with Crippen molar-refractivity contribution in [2.24, 2.45) is 5.73 Å². The fourth-order valence-electron chi connectivity index (χ4n) is 3.16. The largest absolute Gasteiger partial charge is 0.446 e. The van der Waals surface area contributed by atoms with Crippen LogP contribution in [0.3, 0.4) is 0 Å². The highest BCUT2D eigenvalue weighted by atomic mass is 16.4. The summed E-state index contributed by atoms with van der Waals surface area (Å²) in [5.41, 5.74) is 6.15. The summed E-state index contributed by atoms with van der Waals surface area (Å²) in [6.45, 7) is 1.27. The van der Waals surface area contributed by atoms with Crippen LogP contribution in [0.25, 0.3) is 0 Å². The molecule has 0 aliphatic carbocycles. The van der Waals surface area contributed by atoms with Gasteiger partial charge in [0.1, 0.15) is 5.82 Å². The van der Waals surface area contributed by atoms with Gasteiger partial charge >= 0.3 is 0 Å². The van der Waals surface area contributed by atoms with Crippen molar-refractivity contribution in [3.63, 3.8) is 0 Å². The number of likely N-dealkylation sites (tertiary alicyclic amines) is 1. The first kappa shape index (κ1) is 18.8. The number of amides is 2. The number of aromatic nitrogens is 1. The van der Waals surface area contributed by atoms with E-state index >= 15 is 0 Å². The van der Waals surface area contributed by atoms with Crippen LogP contribution in [-0.2, 0) is 0 Å². The fraction of sp³-hybridized carbons (Fsp3) is 0.421. The normalized spacial score (nSPS) is 17.3. The van der Waals surface area contributed by atoms with Gasteiger partial charge in [0.15, 0.2) is 11.5 Å². The van der Waals surface area contributed by atoms with Gasteiger partial charge in [0.25, 0.3) is 11.8 Å². The van der Waals surface area contributed by atoms with Gasteiger partial charge in [0.2, 0.25) is 0 Å². The van der Waals surface area contributed by atoms with Gasteiger partial charge in [0.05, 0.1) is 11.9 Å². The van der Waals surface area contributed by atoms with Crippen molar-refractivity contribution in [1.29, 1.82) is 0 Å². The van der Waals surface area contributed by atoms with Crippen LogP contribution >= 0.6 is 0 Å². The molecule has 2 amide bonds. The van der Waals surface area contributed by atoms with E-state index in [0.717, 1.165) is 30.8 Å². The number of anilines is 2. The number of carbonyl (C=O) groups excluding carboxylic acids is 2. The van der Waals surface area contributed by atoms with Gasteiger partial charge in [-0.25, -0.2) is 4.98 Å². The standard InChI is InChI=1S/C19H25N5O3/c1-23(2)17-8-5-14(12-21-17)22-13-4-3-10-24(11-9-13)19(26)16-7-6-15(27-16)18(20)25/h5-8,12-13,22H,3-4,9-11H2,1-2H3,(H2,20,25). The van der Waals surface area contributed by atoms with Crippen LogP contribution in [-0.4, -0.2) is 54.9 Å². The fourth-order valence-corrected chi connectivity index (χ4v) is 3.16. The zero-order valence-corrected chi connectivity index (χ0v) is 15.6. The maximum atomic E-state index is 12.6. The lowest BCUT2D eigenvalue weighted by molar-refractivity contribution is 0.0726. The number of carbonyl (C=O) groups is 2. The Labute approximate surface area is 158 Å². The highest BCUT2D eigenvalue weighted by Gasteiger charge is 2.24. The SMILES string of the molecule is CN(C)c1ccc(NC2CCCN(C(=O)c3ccc(C(N)=O)o3)CC2)cn1. The van der Waals surface area contributed by atoms with Crippen LogP contribution in [0.15, 0.2) is 34.9 Å². The Morgan fingerprint density at radius 2 is 1.96 bits per heavy atom.